The first-order valence-corrected chi connectivity index (χ1v) is 10.5. The molecule has 2 fully saturated rings. The van der Waals surface area contributed by atoms with Crippen LogP contribution in [-0.2, 0) is 0 Å². The van der Waals surface area contributed by atoms with Crippen molar-refractivity contribution in [3.05, 3.63) is 33.9 Å². The zero-order valence-electron chi connectivity index (χ0n) is 17.4. The molecule has 8 heteroatoms. The topological polar surface area (TPSA) is 78.7 Å². The summed E-state index contributed by atoms with van der Waals surface area (Å²) in [5.41, 5.74) is 1.10. The molecule has 2 aliphatic heterocycles. The molecule has 1 aromatic rings. The Labute approximate surface area is 179 Å². The SMILES string of the molecule is CCNCC1CCN(C(=O)c2ccc(N3CCC(C)CC3)c([N+](=O)[O-])c2)CC1.Cl. The molecule has 0 saturated carbocycles. The van der Waals surface area contributed by atoms with Crippen LogP contribution in [0.1, 0.15) is 49.9 Å². The van der Waals surface area contributed by atoms with Crippen molar-refractivity contribution in [2.24, 2.45) is 11.8 Å². The van der Waals surface area contributed by atoms with Crippen molar-refractivity contribution in [2.75, 3.05) is 44.2 Å². The van der Waals surface area contributed by atoms with E-state index in [0.29, 0.717) is 36.2 Å². The Morgan fingerprint density at radius 2 is 1.83 bits per heavy atom. The van der Waals surface area contributed by atoms with Crippen LogP contribution in [0.3, 0.4) is 0 Å². The fraction of sp³-hybridized carbons (Fsp3) is 0.667. The second-order valence-corrected chi connectivity index (χ2v) is 8.17. The number of rotatable bonds is 6. The number of nitrogens with zero attached hydrogens (tertiary/aromatic N) is 3. The van der Waals surface area contributed by atoms with Gasteiger partial charge in [0.05, 0.1) is 4.92 Å². The smallest absolute Gasteiger partial charge is 0.293 e. The lowest BCUT2D eigenvalue weighted by molar-refractivity contribution is -0.384. The molecule has 0 spiro atoms. The van der Waals surface area contributed by atoms with Gasteiger partial charge in [0.15, 0.2) is 0 Å². The Kier molecular flexibility index (Phi) is 8.71. The van der Waals surface area contributed by atoms with E-state index >= 15 is 0 Å². The average molecular weight is 425 g/mol. The molecule has 0 aliphatic carbocycles. The number of carbonyl (C=O) groups excluding carboxylic acids is 1. The normalized spacial score (nSPS) is 18.4. The summed E-state index contributed by atoms with van der Waals surface area (Å²) in [5.74, 6) is 1.16. The maximum Gasteiger partial charge on any atom is 0.293 e. The maximum atomic E-state index is 12.9. The zero-order chi connectivity index (χ0) is 20.1. The summed E-state index contributed by atoms with van der Waals surface area (Å²) in [7, 11) is 0. The molecule has 29 heavy (non-hydrogen) atoms. The van der Waals surface area contributed by atoms with E-state index in [1.165, 1.54) is 6.07 Å². The van der Waals surface area contributed by atoms with E-state index in [4.69, 9.17) is 0 Å². The van der Waals surface area contributed by atoms with Gasteiger partial charge in [0.1, 0.15) is 5.69 Å². The van der Waals surface area contributed by atoms with E-state index in [2.05, 4.69) is 24.1 Å². The van der Waals surface area contributed by atoms with Crippen LogP contribution in [0.15, 0.2) is 18.2 Å². The third kappa shape index (κ3) is 5.82. The van der Waals surface area contributed by atoms with Gasteiger partial charge < -0.3 is 15.1 Å². The fourth-order valence-electron chi connectivity index (χ4n) is 4.19. The minimum Gasteiger partial charge on any atom is -0.366 e. The van der Waals surface area contributed by atoms with Crippen LogP contribution in [0.5, 0.6) is 0 Å². The van der Waals surface area contributed by atoms with E-state index in [-0.39, 0.29) is 28.9 Å². The first kappa shape index (κ1) is 23.4. The van der Waals surface area contributed by atoms with E-state index < -0.39 is 0 Å². The first-order valence-electron chi connectivity index (χ1n) is 10.5. The van der Waals surface area contributed by atoms with Crippen molar-refractivity contribution < 1.29 is 9.72 Å². The molecule has 1 amide bonds. The number of likely N-dealkylation sites (tertiary alicyclic amines) is 1. The number of anilines is 1. The monoisotopic (exact) mass is 424 g/mol. The first-order chi connectivity index (χ1) is 13.5. The van der Waals surface area contributed by atoms with Crippen LogP contribution in [0, 0.1) is 22.0 Å². The summed E-state index contributed by atoms with van der Waals surface area (Å²) in [5, 5.41) is 15.0. The van der Waals surface area contributed by atoms with E-state index in [1.54, 1.807) is 12.1 Å². The van der Waals surface area contributed by atoms with Crippen molar-refractivity contribution in [2.45, 2.75) is 39.5 Å². The zero-order valence-corrected chi connectivity index (χ0v) is 18.2. The summed E-state index contributed by atoms with van der Waals surface area (Å²) >= 11 is 0. The Bertz CT molecular complexity index is 699. The average Bonchev–Trinajstić information content (AvgIpc) is 2.72. The van der Waals surface area contributed by atoms with Gasteiger partial charge in [-0.1, -0.05) is 13.8 Å². The number of nitrogens with one attached hydrogen (secondary N) is 1. The van der Waals surface area contributed by atoms with Gasteiger partial charge in [-0.25, -0.2) is 0 Å². The van der Waals surface area contributed by atoms with Gasteiger partial charge >= 0.3 is 0 Å². The van der Waals surface area contributed by atoms with Crippen LogP contribution >= 0.6 is 12.4 Å². The number of carbonyl (C=O) groups is 1. The number of benzene rings is 1. The van der Waals surface area contributed by atoms with Gasteiger partial charge in [-0.2, -0.15) is 0 Å². The fourth-order valence-corrected chi connectivity index (χ4v) is 4.19. The van der Waals surface area contributed by atoms with Gasteiger partial charge in [0.2, 0.25) is 0 Å². The predicted molar refractivity (Wildman–Crippen MR) is 118 cm³/mol. The second-order valence-electron chi connectivity index (χ2n) is 8.17. The van der Waals surface area contributed by atoms with Crippen LogP contribution < -0.4 is 10.2 Å². The predicted octanol–water partition coefficient (Wildman–Crippen LogP) is 3.71. The second kappa shape index (κ2) is 10.8. The largest absolute Gasteiger partial charge is 0.366 e. The van der Waals surface area contributed by atoms with Crippen LogP contribution in [-0.4, -0.2) is 55.0 Å². The highest BCUT2D eigenvalue weighted by atomic mass is 35.5. The van der Waals surface area contributed by atoms with E-state index in [0.717, 1.165) is 51.9 Å². The van der Waals surface area contributed by atoms with Crippen molar-refractivity contribution in [1.82, 2.24) is 10.2 Å². The summed E-state index contributed by atoms with van der Waals surface area (Å²) in [6, 6.07) is 4.99. The third-order valence-corrected chi connectivity index (χ3v) is 6.13. The third-order valence-electron chi connectivity index (χ3n) is 6.13. The highest BCUT2D eigenvalue weighted by molar-refractivity contribution is 5.96. The standard InChI is InChI=1S/C21H32N4O3.ClH/c1-3-22-15-17-8-12-24(13-9-17)21(26)18-4-5-19(20(14-18)25(27)28)23-10-6-16(2)7-11-23;/h4-5,14,16-17,22H,3,6-13,15H2,1-2H3;1H. The molecule has 1 aromatic carbocycles. The lowest BCUT2D eigenvalue weighted by Crippen LogP contribution is -2.40. The maximum absolute atomic E-state index is 12.9. The van der Waals surface area contributed by atoms with Gasteiger partial charge in [0, 0.05) is 37.8 Å². The Balaban J connectivity index is 0.00000300. The molecule has 2 heterocycles. The Morgan fingerprint density at radius 3 is 2.41 bits per heavy atom. The molecule has 0 aromatic heterocycles. The molecule has 7 nitrogen and oxygen atoms in total. The summed E-state index contributed by atoms with van der Waals surface area (Å²) in [6.45, 7) is 9.36. The van der Waals surface area contributed by atoms with Crippen LogP contribution in [0.25, 0.3) is 0 Å². The summed E-state index contributed by atoms with van der Waals surface area (Å²) in [6.07, 6.45) is 4.04. The van der Waals surface area contributed by atoms with E-state index in [1.807, 2.05) is 4.90 Å². The van der Waals surface area contributed by atoms with Gasteiger partial charge in [-0.15, -0.1) is 12.4 Å². The molecule has 0 bridgehead atoms. The molecule has 2 saturated heterocycles. The van der Waals surface area contributed by atoms with Gasteiger partial charge in [0.25, 0.3) is 11.6 Å². The number of nitro benzene ring substituents is 1. The van der Waals surface area contributed by atoms with Crippen LogP contribution in [0.4, 0.5) is 11.4 Å². The molecule has 0 atom stereocenters. The van der Waals surface area contributed by atoms with Gasteiger partial charge in [-0.05, 0) is 62.7 Å². The number of hydrogen-bond donors (Lipinski definition) is 1. The number of piperidine rings is 2. The quantitative estimate of drug-likeness (QED) is 0.556. The van der Waals surface area contributed by atoms with Crippen molar-refractivity contribution in [1.29, 1.82) is 0 Å². The van der Waals surface area contributed by atoms with Crippen molar-refractivity contribution in [3.8, 4) is 0 Å². The molecular weight excluding hydrogens is 392 g/mol. The molecule has 3 rings (SSSR count). The number of amides is 1. The Morgan fingerprint density at radius 1 is 1.17 bits per heavy atom. The molecule has 0 radical (unpaired) electrons. The van der Waals surface area contributed by atoms with Crippen molar-refractivity contribution in [3.63, 3.8) is 0 Å². The highest BCUT2D eigenvalue weighted by Gasteiger charge is 2.27. The van der Waals surface area contributed by atoms with Crippen molar-refractivity contribution >= 4 is 29.7 Å². The molecule has 0 unspecified atom stereocenters. The van der Waals surface area contributed by atoms with Gasteiger partial charge in [-0.3, -0.25) is 14.9 Å². The molecular formula is C21H33ClN4O3. The number of halogens is 1. The van der Waals surface area contributed by atoms with E-state index in [9.17, 15) is 14.9 Å². The number of hydrogen-bond acceptors (Lipinski definition) is 5. The molecule has 1 N–H and O–H groups in total. The molecule has 162 valence electrons. The lowest BCUT2D eigenvalue weighted by atomic mass is 9.96. The minimum atomic E-state index is -0.354. The van der Waals surface area contributed by atoms with Crippen LogP contribution in [0.2, 0.25) is 0 Å². The summed E-state index contributed by atoms with van der Waals surface area (Å²) < 4.78 is 0. The molecule has 2 aliphatic rings. The lowest BCUT2D eigenvalue weighted by Gasteiger charge is -2.33. The minimum absolute atomic E-state index is 0. The summed E-state index contributed by atoms with van der Waals surface area (Å²) in [4.78, 5) is 28.1. The number of nitro groups is 1. The highest BCUT2D eigenvalue weighted by Crippen LogP contribution is 2.33. The Hall–Kier alpha value is -1.86.